The maximum absolute atomic E-state index is 13.5. The number of Topliss-reactive ketones (excluding diaryl/α,β-unsaturated/α-hetero) is 1. The van der Waals surface area contributed by atoms with E-state index in [-0.39, 0.29) is 11.7 Å². The first-order valence-corrected chi connectivity index (χ1v) is 12.7. The molecule has 2 aromatic carbocycles. The summed E-state index contributed by atoms with van der Waals surface area (Å²) >= 11 is 4.95. The summed E-state index contributed by atoms with van der Waals surface area (Å²) in [7, 11) is 1.58. The number of fused-ring (bicyclic) bond motifs is 2. The molecule has 0 aromatic heterocycles. The molecular weight excluding hydrogens is 504 g/mol. The lowest BCUT2D eigenvalue weighted by atomic mass is 10.1. The van der Waals surface area contributed by atoms with Gasteiger partial charge < -0.3 is 4.74 Å². The van der Waals surface area contributed by atoms with Gasteiger partial charge in [0, 0.05) is 21.0 Å². The number of hydrazone groups is 1. The maximum atomic E-state index is 13.5. The molecule has 7 nitrogen and oxygen atoms in total. The fourth-order valence-electron chi connectivity index (χ4n) is 3.69. The highest BCUT2D eigenvalue weighted by molar-refractivity contribution is 9.10. The first-order valence-electron chi connectivity index (χ1n) is 10.9. The second-order valence-electron chi connectivity index (χ2n) is 7.72. The van der Waals surface area contributed by atoms with E-state index in [2.05, 4.69) is 38.3 Å². The van der Waals surface area contributed by atoms with Gasteiger partial charge in [-0.2, -0.15) is 0 Å². The molecule has 0 saturated heterocycles. The van der Waals surface area contributed by atoms with Gasteiger partial charge in [-0.15, -0.1) is 5.10 Å². The Morgan fingerprint density at radius 1 is 1.18 bits per heavy atom. The number of ether oxygens (including phenoxy) is 1. The number of nitrogens with zero attached hydrogens (tertiary/aromatic N) is 3. The van der Waals surface area contributed by atoms with Crippen molar-refractivity contribution in [1.82, 2.24) is 10.3 Å². The standard InChI is InChI=1S/C24H25BrN4O3S/c1-3-4-5-6-13-33-24-27-23(31)20-18-14-16(25)9-12-19(18)26-22(29(20)28-24)21(30)15-7-10-17(32-2)11-8-15/h7-12,14,22H,3-6,13H2,1-2H3,(H,27,28,31)/t22-/m0/s1. The Bertz CT molecular complexity index is 1210. The minimum absolute atomic E-state index is 0.241. The van der Waals surface area contributed by atoms with Crippen LogP contribution in [-0.4, -0.2) is 40.9 Å². The third kappa shape index (κ3) is 5.14. The molecule has 0 spiro atoms. The second-order valence-corrected chi connectivity index (χ2v) is 9.72. The topological polar surface area (TPSA) is 83.4 Å². The van der Waals surface area contributed by atoms with Crippen molar-refractivity contribution in [2.45, 2.75) is 38.8 Å². The predicted molar refractivity (Wildman–Crippen MR) is 133 cm³/mol. The number of thioether (sulfide) groups is 1. The Hall–Kier alpha value is -2.65. The highest BCUT2D eigenvalue weighted by Gasteiger charge is 2.37. The summed E-state index contributed by atoms with van der Waals surface area (Å²) in [5, 5.41) is 10.7. The smallest absolute Gasteiger partial charge is 0.276 e. The zero-order chi connectivity index (χ0) is 23.4. The number of halogens is 1. The molecule has 0 unspecified atom stereocenters. The summed E-state index contributed by atoms with van der Waals surface area (Å²) in [6.45, 7) is 2.17. The van der Waals surface area contributed by atoms with Crippen LogP contribution in [0, 0.1) is 0 Å². The van der Waals surface area contributed by atoms with Gasteiger partial charge in [-0.05, 0) is 48.9 Å². The Morgan fingerprint density at radius 3 is 2.70 bits per heavy atom. The lowest BCUT2D eigenvalue weighted by Crippen LogP contribution is -2.54. The van der Waals surface area contributed by atoms with Crippen LogP contribution in [0.4, 0.5) is 0 Å². The van der Waals surface area contributed by atoms with Crippen molar-refractivity contribution in [3.8, 4) is 5.75 Å². The van der Waals surface area contributed by atoms with Gasteiger partial charge in [-0.1, -0.05) is 53.9 Å². The fourth-order valence-corrected chi connectivity index (χ4v) is 4.90. The molecule has 0 bridgehead atoms. The molecule has 172 valence electrons. The Balaban J connectivity index is 1.71. The zero-order valence-corrected chi connectivity index (χ0v) is 20.9. The lowest BCUT2D eigenvalue weighted by molar-refractivity contribution is -0.115. The summed E-state index contributed by atoms with van der Waals surface area (Å²) in [6, 6.07) is 12.3. The summed E-state index contributed by atoms with van der Waals surface area (Å²) in [4.78, 5) is 31.3. The number of amides is 1. The normalized spacial score (nSPS) is 16.9. The van der Waals surface area contributed by atoms with Crippen LogP contribution in [0.2, 0.25) is 0 Å². The van der Waals surface area contributed by atoms with Crippen LogP contribution in [0.5, 0.6) is 5.75 Å². The highest BCUT2D eigenvalue weighted by Crippen LogP contribution is 2.24. The minimum atomic E-state index is -0.969. The first kappa shape index (κ1) is 23.5. The average molecular weight is 529 g/mol. The maximum Gasteiger partial charge on any atom is 0.276 e. The molecular formula is C24H25BrN4O3S. The Morgan fingerprint density at radius 2 is 1.97 bits per heavy atom. The number of unbranched alkanes of at least 4 members (excludes halogenated alkanes) is 3. The van der Waals surface area contributed by atoms with Crippen LogP contribution in [0.15, 0.2) is 57.0 Å². The number of carbonyl (C=O) groups is 2. The van der Waals surface area contributed by atoms with Crippen molar-refractivity contribution >= 4 is 50.2 Å². The molecule has 4 rings (SSSR count). The molecule has 2 aliphatic heterocycles. The van der Waals surface area contributed by atoms with E-state index in [4.69, 9.17) is 4.74 Å². The third-order valence-electron chi connectivity index (χ3n) is 5.42. The molecule has 0 aliphatic carbocycles. The van der Waals surface area contributed by atoms with Crippen molar-refractivity contribution in [1.29, 1.82) is 0 Å². The van der Waals surface area contributed by atoms with Gasteiger partial charge in [0.05, 0.1) is 12.5 Å². The quantitative estimate of drug-likeness (QED) is 0.419. The van der Waals surface area contributed by atoms with Gasteiger partial charge in [-0.25, -0.2) is 10.0 Å². The van der Waals surface area contributed by atoms with E-state index in [9.17, 15) is 9.59 Å². The number of hydrogen-bond acceptors (Lipinski definition) is 7. The van der Waals surface area contributed by atoms with Crippen LogP contribution in [0.3, 0.4) is 0 Å². The van der Waals surface area contributed by atoms with Crippen molar-refractivity contribution in [3.05, 3.63) is 63.1 Å². The fraction of sp³-hybridized carbons (Fsp3) is 0.333. The van der Waals surface area contributed by atoms with Gasteiger partial charge in [0.2, 0.25) is 11.9 Å². The van der Waals surface area contributed by atoms with Gasteiger partial charge in [0.15, 0.2) is 5.17 Å². The zero-order valence-electron chi connectivity index (χ0n) is 18.5. The van der Waals surface area contributed by atoms with Gasteiger partial charge in [0.1, 0.15) is 11.4 Å². The summed E-state index contributed by atoms with van der Waals surface area (Å²) in [5.41, 5.74) is 0.794. The minimum Gasteiger partial charge on any atom is -0.497 e. The molecule has 9 heteroatoms. The van der Waals surface area contributed by atoms with E-state index in [0.29, 0.717) is 32.8 Å². The average Bonchev–Trinajstić information content (AvgIpc) is 2.83. The van der Waals surface area contributed by atoms with Crippen LogP contribution in [-0.2, 0) is 4.79 Å². The molecule has 2 aromatic rings. The Kier molecular flexibility index (Phi) is 7.49. The van der Waals surface area contributed by atoms with E-state index >= 15 is 0 Å². The largest absolute Gasteiger partial charge is 0.497 e. The van der Waals surface area contributed by atoms with Crippen LogP contribution in [0.1, 0.15) is 43.0 Å². The molecule has 2 aliphatic rings. The van der Waals surface area contributed by atoms with Crippen molar-refractivity contribution in [2.24, 2.45) is 10.1 Å². The number of amidine groups is 1. The number of carbonyl (C=O) groups excluding carboxylic acids is 2. The number of nitrogens with one attached hydrogen (secondary N) is 1. The monoisotopic (exact) mass is 528 g/mol. The first-order chi connectivity index (χ1) is 16.0. The molecule has 1 N–H and O–H groups in total. The number of ketones is 1. The van der Waals surface area contributed by atoms with Crippen molar-refractivity contribution in [3.63, 3.8) is 0 Å². The number of methoxy groups -OCH3 is 1. The lowest BCUT2D eigenvalue weighted by Gasteiger charge is -2.33. The molecule has 0 radical (unpaired) electrons. The molecule has 1 amide bonds. The van der Waals surface area contributed by atoms with E-state index in [1.54, 1.807) is 37.4 Å². The van der Waals surface area contributed by atoms with Crippen molar-refractivity contribution < 1.29 is 14.3 Å². The van der Waals surface area contributed by atoms with Crippen molar-refractivity contribution in [2.75, 3.05) is 12.9 Å². The van der Waals surface area contributed by atoms with Gasteiger partial charge in [-0.3, -0.25) is 14.9 Å². The van der Waals surface area contributed by atoms with Gasteiger partial charge in [0.25, 0.3) is 5.91 Å². The second kappa shape index (κ2) is 10.5. The number of benzene rings is 2. The predicted octanol–water partition coefficient (Wildman–Crippen LogP) is 3.42. The van der Waals surface area contributed by atoms with Gasteiger partial charge >= 0.3 is 0 Å². The molecule has 33 heavy (non-hydrogen) atoms. The summed E-state index contributed by atoms with van der Waals surface area (Å²) in [5.74, 6) is 0.975. The van der Waals surface area contributed by atoms with E-state index in [1.807, 2.05) is 12.1 Å². The van der Waals surface area contributed by atoms with Crippen LogP contribution >= 0.6 is 27.7 Å². The highest BCUT2D eigenvalue weighted by atomic mass is 79.9. The van der Waals surface area contributed by atoms with Crippen LogP contribution in [0.25, 0.3) is 5.70 Å². The Labute approximate surface area is 205 Å². The molecule has 2 heterocycles. The number of rotatable bonds is 8. The third-order valence-corrected chi connectivity index (χ3v) is 6.86. The summed E-state index contributed by atoms with van der Waals surface area (Å²) in [6.07, 6.45) is 3.56. The SMILES string of the molecule is CCCCCCSC1=NN2C(=c3cc(Br)ccc3=N[C@@H]2C(=O)c2ccc(OC)cc2)C(=O)N1. The van der Waals surface area contributed by atoms with E-state index < -0.39 is 6.17 Å². The molecule has 0 saturated carbocycles. The van der Waals surface area contributed by atoms with E-state index in [0.717, 1.165) is 23.1 Å². The molecule has 1 atom stereocenters. The van der Waals surface area contributed by atoms with E-state index in [1.165, 1.54) is 29.6 Å². The van der Waals surface area contributed by atoms with Crippen LogP contribution < -0.4 is 20.6 Å². The molecule has 0 fully saturated rings. The summed E-state index contributed by atoms with van der Waals surface area (Å²) < 4.78 is 6.01. The number of hydrogen-bond donors (Lipinski definition) is 1.